The Morgan fingerprint density at radius 1 is 0.975 bits per heavy atom. The van der Waals surface area contributed by atoms with Crippen molar-refractivity contribution in [3.05, 3.63) is 29.3 Å². The Bertz CT molecular complexity index is 1210. The summed E-state index contributed by atoms with van der Waals surface area (Å²) in [5.74, 6) is -0.0250. The molecule has 2 heterocycles. The molecule has 11 heteroatoms. The highest BCUT2D eigenvalue weighted by molar-refractivity contribution is 6.07. The van der Waals surface area contributed by atoms with Crippen LogP contribution in [0.4, 0.5) is 0 Å². The molecule has 0 radical (unpaired) electrons. The van der Waals surface area contributed by atoms with E-state index < -0.39 is 49.7 Å². The van der Waals surface area contributed by atoms with Gasteiger partial charge in [-0.05, 0) is 42.7 Å². The molecule has 0 aromatic heterocycles. The van der Waals surface area contributed by atoms with E-state index in [2.05, 4.69) is 0 Å². The maximum atomic E-state index is 12.2. The summed E-state index contributed by atoms with van der Waals surface area (Å²) in [4.78, 5) is 12.2. The average Bonchev–Trinajstić information content (AvgIpc) is 2.91. The van der Waals surface area contributed by atoms with Gasteiger partial charge in [0.25, 0.3) is 0 Å². The second-order valence-electron chi connectivity index (χ2n) is 11.0. The Morgan fingerprint density at radius 3 is 2.30 bits per heavy atom. The molecule has 2 aromatic rings. The monoisotopic (exact) mass is 564 g/mol. The van der Waals surface area contributed by atoms with Gasteiger partial charge >= 0.3 is 0 Å². The summed E-state index contributed by atoms with van der Waals surface area (Å²) < 4.78 is 28.8. The summed E-state index contributed by atoms with van der Waals surface area (Å²) in [6.07, 6.45) is -8.26. The van der Waals surface area contributed by atoms with Gasteiger partial charge in [0.15, 0.2) is 24.5 Å². The zero-order valence-electron chi connectivity index (χ0n) is 23.6. The van der Waals surface area contributed by atoms with E-state index in [1.54, 1.807) is 19.1 Å². The summed E-state index contributed by atoms with van der Waals surface area (Å²) in [5.41, 5.74) is 0.692. The largest absolute Gasteiger partial charge is 0.506 e. The van der Waals surface area contributed by atoms with Crippen molar-refractivity contribution in [2.75, 3.05) is 20.3 Å². The molecule has 0 spiro atoms. The summed E-state index contributed by atoms with van der Waals surface area (Å²) in [6.45, 7) is 8.37. The van der Waals surface area contributed by atoms with Gasteiger partial charge in [-0.15, -0.1) is 0 Å². The number of phenols is 1. The number of aryl methyl sites for hydroxylation is 1. The first kappa shape index (κ1) is 30.4. The summed E-state index contributed by atoms with van der Waals surface area (Å²) >= 11 is 0. The Hall–Kier alpha value is -2.51. The molecule has 0 saturated carbocycles. The number of Topliss-reactive ketones (excluding diaryl/α,β-unsaturated/α-hetero) is 1. The number of aromatic hydroxyl groups is 1. The quantitative estimate of drug-likeness (QED) is 0.297. The minimum Gasteiger partial charge on any atom is -0.506 e. The second kappa shape index (κ2) is 12.2. The number of hydrogen-bond acceptors (Lipinski definition) is 11. The van der Waals surface area contributed by atoms with Gasteiger partial charge in [0.2, 0.25) is 0 Å². The third-order valence-electron chi connectivity index (χ3n) is 8.45. The molecule has 0 aliphatic carbocycles. The Morgan fingerprint density at radius 2 is 1.68 bits per heavy atom. The van der Waals surface area contributed by atoms with Gasteiger partial charge in [-0.1, -0.05) is 26.8 Å². The molecule has 10 atom stereocenters. The number of methoxy groups -OCH3 is 1. The van der Waals surface area contributed by atoms with Crippen LogP contribution < -0.4 is 9.47 Å². The second-order valence-corrected chi connectivity index (χ2v) is 11.0. The molecule has 222 valence electrons. The van der Waals surface area contributed by atoms with Crippen LogP contribution in [0.15, 0.2) is 18.2 Å². The number of fused-ring (bicyclic) bond motifs is 1. The van der Waals surface area contributed by atoms with Crippen LogP contribution in [0.1, 0.15) is 43.6 Å². The molecule has 2 aliphatic rings. The molecule has 0 amide bonds. The van der Waals surface area contributed by atoms with Crippen molar-refractivity contribution >= 4 is 16.6 Å². The van der Waals surface area contributed by atoms with Crippen molar-refractivity contribution in [3.63, 3.8) is 0 Å². The van der Waals surface area contributed by atoms with Crippen molar-refractivity contribution in [2.24, 2.45) is 17.8 Å². The van der Waals surface area contributed by atoms with Gasteiger partial charge in [0.1, 0.15) is 35.6 Å². The molecule has 40 heavy (non-hydrogen) atoms. The van der Waals surface area contributed by atoms with Crippen molar-refractivity contribution < 1.29 is 54.0 Å². The molecule has 2 fully saturated rings. The van der Waals surface area contributed by atoms with Crippen LogP contribution in [0.25, 0.3) is 10.8 Å². The van der Waals surface area contributed by atoms with E-state index in [1.165, 1.54) is 20.1 Å². The first-order chi connectivity index (χ1) is 18.9. The number of aliphatic hydroxyl groups excluding tert-OH is 4. The number of phenolic OH excluding ortho intramolecular Hbond substituents is 1. The smallest absolute Gasteiger partial charge is 0.186 e. The highest BCUT2D eigenvalue weighted by Crippen LogP contribution is 2.42. The Labute approximate surface area is 233 Å². The minimum atomic E-state index is -1.56. The molecular formula is C29H40O11. The van der Waals surface area contributed by atoms with E-state index in [9.17, 15) is 30.3 Å². The Kier molecular flexibility index (Phi) is 9.25. The molecule has 5 N–H and O–H groups in total. The number of hydrogen-bond donors (Lipinski definition) is 5. The molecule has 11 nitrogen and oxygen atoms in total. The van der Waals surface area contributed by atoms with Crippen LogP contribution in [-0.2, 0) is 14.2 Å². The number of carbonyl (C=O) groups is 1. The lowest BCUT2D eigenvalue weighted by atomic mass is 9.79. The lowest BCUT2D eigenvalue weighted by molar-refractivity contribution is -0.312. The maximum Gasteiger partial charge on any atom is 0.186 e. The SMILES string of the molecule is COc1cc(O[C@@H]2[C@H](O)[C@@H](O)[C@H](OC[C@@H]3O[C@@H](O)[C@H](C)[C@@H](C)[C@@H]3C)O[C@@H]2CO)c2c(O)c(C(C)=O)c(C)cc2c1. The standard InChI is InChI=1S/C29H40O11/c1-12-7-17-8-18(36-6)9-19(23(17)24(32)22(12)16(5)31)38-27-20(10-30)40-29(26(34)25(27)33)37-11-21-14(3)13(2)15(4)28(35)39-21/h7-9,13-15,20-21,25-30,32-35H,10-11H2,1-6H3/t13-,14-,15+,20+,21-,25+,26+,27-,28+,29+/m0/s1. The van der Waals surface area contributed by atoms with Gasteiger partial charge < -0.3 is 49.2 Å². The molecule has 2 aliphatic heterocycles. The van der Waals surface area contributed by atoms with Crippen molar-refractivity contribution in [1.82, 2.24) is 0 Å². The van der Waals surface area contributed by atoms with Crippen molar-refractivity contribution in [3.8, 4) is 17.2 Å². The average molecular weight is 565 g/mol. The lowest BCUT2D eigenvalue weighted by Crippen LogP contribution is -2.61. The maximum absolute atomic E-state index is 12.2. The zero-order chi connectivity index (χ0) is 29.5. The Balaban J connectivity index is 1.58. The zero-order valence-corrected chi connectivity index (χ0v) is 23.6. The van der Waals surface area contributed by atoms with Crippen LogP contribution in [0.3, 0.4) is 0 Å². The van der Waals surface area contributed by atoms with Crippen LogP contribution in [0.5, 0.6) is 17.2 Å². The van der Waals surface area contributed by atoms with Gasteiger partial charge in [-0.2, -0.15) is 0 Å². The molecule has 2 saturated heterocycles. The minimum absolute atomic E-state index is 0.0189. The van der Waals surface area contributed by atoms with Crippen molar-refractivity contribution in [1.29, 1.82) is 0 Å². The van der Waals surface area contributed by atoms with E-state index >= 15 is 0 Å². The fourth-order valence-corrected chi connectivity index (χ4v) is 5.62. The van der Waals surface area contributed by atoms with E-state index in [-0.39, 0.29) is 52.6 Å². The highest BCUT2D eigenvalue weighted by Gasteiger charge is 2.47. The summed E-state index contributed by atoms with van der Waals surface area (Å²) in [6, 6.07) is 4.86. The number of carbonyl (C=O) groups excluding carboxylic acids is 1. The topological polar surface area (TPSA) is 164 Å². The molecular weight excluding hydrogens is 524 g/mol. The lowest BCUT2D eigenvalue weighted by Gasteiger charge is -2.44. The fourth-order valence-electron chi connectivity index (χ4n) is 5.62. The van der Waals surface area contributed by atoms with Gasteiger partial charge in [0.05, 0.1) is 37.4 Å². The third-order valence-corrected chi connectivity index (χ3v) is 8.45. The molecule has 4 rings (SSSR count). The third kappa shape index (κ3) is 5.64. The first-order valence-corrected chi connectivity index (χ1v) is 13.5. The number of ketones is 1. The van der Waals surface area contributed by atoms with Crippen LogP contribution in [-0.4, -0.2) is 94.7 Å². The number of aliphatic hydroxyl groups is 4. The first-order valence-electron chi connectivity index (χ1n) is 13.5. The normalized spacial score (nSPS) is 34.5. The van der Waals surface area contributed by atoms with Gasteiger partial charge in [0, 0.05) is 12.0 Å². The number of ether oxygens (including phenoxy) is 5. The molecule has 0 unspecified atom stereocenters. The predicted octanol–water partition coefficient (Wildman–Crippen LogP) is 1.89. The van der Waals surface area contributed by atoms with Crippen molar-refractivity contribution in [2.45, 2.75) is 77.7 Å². The van der Waals surface area contributed by atoms with E-state index in [0.29, 0.717) is 16.7 Å². The fraction of sp³-hybridized carbons (Fsp3) is 0.621. The summed E-state index contributed by atoms with van der Waals surface area (Å²) in [7, 11) is 1.46. The van der Waals surface area contributed by atoms with Crippen LogP contribution in [0.2, 0.25) is 0 Å². The van der Waals surface area contributed by atoms with Crippen LogP contribution >= 0.6 is 0 Å². The van der Waals surface area contributed by atoms with E-state index in [4.69, 9.17) is 23.7 Å². The molecule has 2 aromatic carbocycles. The van der Waals surface area contributed by atoms with E-state index in [1.807, 2.05) is 20.8 Å². The number of rotatable bonds is 8. The van der Waals surface area contributed by atoms with Gasteiger partial charge in [-0.3, -0.25) is 4.79 Å². The number of benzene rings is 2. The summed E-state index contributed by atoms with van der Waals surface area (Å²) in [5, 5.41) is 54.1. The van der Waals surface area contributed by atoms with Gasteiger partial charge in [-0.25, -0.2) is 0 Å². The highest BCUT2D eigenvalue weighted by atomic mass is 16.7. The predicted molar refractivity (Wildman–Crippen MR) is 143 cm³/mol. The van der Waals surface area contributed by atoms with Crippen LogP contribution in [0, 0.1) is 24.7 Å². The van der Waals surface area contributed by atoms with E-state index in [0.717, 1.165) is 0 Å². The molecule has 0 bridgehead atoms.